The van der Waals surface area contributed by atoms with Crippen LogP contribution in [0.25, 0.3) is 11.1 Å². The van der Waals surface area contributed by atoms with Gasteiger partial charge in [-0.1, -0.05) is 18.2 Å². The van der Waals surface area contributed by atoms with Crippen molar-refractivity contribution in [2.24, 2.45) is 0 Å². The Balaban J connectivity index is 2.39. The Morgan fingerprint density at radius 1 is 1.19 bits per heavy atom. The summed E-state index contributed by atoms with van der Waals surface area (Å²) in [4.78, 5) is 0. The number of hydrogen-bond donors (Lipinski definition) is 4. The summed E-state index contributed by atoms with van der Waals surface area (Å²) >= 11 is 0. The molecule has 0 saturated heterocycles. The molecular formula is C16H20N2O3. The van der Waals surface area contributed by atoms with Crippen LogP contribution in [0.5, 0.6) is 5.75 Å². The third kappa shape index (κ3) is 3.65. The summed E-state index contributed by atoms with van der Waals surface area (Å²) < 4.78 is 5.38. The lowest BCUT2D eigenvalue weighted by Gasteiger charge is -2.16. The van der Waals surface area contributed by atoms with E-state index in [0.717, 1.165) is 22.6 Å². The molecule has 0 aliphatic carbocycles. The molecule has 5 nitrogen and oxygen atoms in total. The van der Waals surface area contributed by atoms with Gasteiger partial charge in [-0.25, -0.2) is 0 Å². The van der Waals surface area contributed by atoms with Crippen LogP contribution in [0.3, 0.4) is 0 Å². The lowest BCUT2D eigenvalue weighted by atomic mass is 10.0. The highest BCUT2D eigenvalue weighted by molar-refractivity contribution is 5.84. The molecule has 112 valence electrons. The molecule has 0 spiro atoms. The Morgan fingerprint density at radius 2 is 1.95 bits per heavy atom. The van der Waals surface area contributed by atoms with E-state index in [0.29, 0.717) is 5.69 Å². The molecule has 0 saturated carbocycles. The van der Waals surface area contributed by atoms with Crippen molar-refractivity contribution in [3.05, 3.63) is 42.5 Å². The van der Waals surface area contributed by atoms with Gasteiger partial charge in [0.2, 0.25) is 0 Å². The molecule has 0 aromatic heterocycles. The van der Waals surface area contributed by atoms with Gasteiger partial charge >= 0.3 is 0 Å². The fraction of sp³-hybridized carbons (Fsp3) is 0.250. The van der Waals surface area contributed by atoms with Crippen molar-refractivity contribution in [1.29, 1.82) is 0 Å². The third-order valence-corrected chi connectivity index (χ3v) is 3.18. The summed E-state index contributed by atoms with van der Waals surface area (Å²) in [6, 6.07) is 13.1. The SMILES string of the molecule is COc1ccccc1-c1cc(N)ccc1NCC(O)CO. The van der Waals surface area contributed by atoms with E-state index >= 15 is 0 Å². The second-order valence-corrected chi connectivity index (χ2v) is 4.72. The van der Waals surface area contributed by atoms with Crippen LogP contribution in [0, 0.1) is 0 Å². The highest BCUT2D eigenvalue weighted by atomic mass is 16.5. The molecule has 0 radical (unpaired) electrons. The van der Waals surface area contributed by atoms with Crippen molar-refractivity contribution < 1.29 is 14.9 Å². The van der Waals surface area contributed by atoms with Crippen LogP contribution in [0.1, 0.15) is 0 Å². The van der Waals surface area contributed by atoms with Crippen LogP contribution in [-0.4, -0.2) is 36.6 Å². The van der Waals surface area contributed by atoms with Crippen LogP contribution < -0.4 is 15.8 Å². The Hall–Kier alpha value is -2.24. The van der Waals surface area contributed by atoms with Crippen molar-refractivity contribution in [2.45, 2.75) is 6.10 Å². The first-order valence-corrected chi connectivity index (χ1v) is 6.71. The van der Waals surface area contributed by atoms with Gasteiger partial charge in [0.1, 0.15) is 5.75 Å². The number of aliphatic hydroxyl groups excluding tert-OH is 2. The number of nitrogens with one attached hydrogen (secondary N) is 1. The van der Waals surface area contributed by atoms with E-state index in [1.54, 1.807) is 13.2 Å². The Kier molecular flexibility index (Phi) is 5.03. The Morgan fingerprint density at radius 3 is 2.67 bits per heavy atom. The van der Waals surface area contributed by atoms with Crippen molar-refractivity contribution in [1.82, 2.24) is 0 Å². The second kappa shape index (κ2) is 6.97. The van der Waals surface area contributed by atoms with Gasteiger partial charge < -0.3 is 26.0 Å². The molecule has 21 heavy (non-hydrogen) atoms. The van der Waals surface area contributed by atoms with Crippen molar-refractivity contribution >= 4 is 11.4 Å². The summed E-state index contributed by atoms with van der Waals surface area (Å²) in [7, 11) is 1.62. The number of para-hydroxylation sites is 1. The lowest BCUT2D eigenvalue weighted by Crippen LogP contribution is -2.23. The standard InChI is InChI=1S/C16H20N2O3/c1-21-16-5-3-2-4-13(16)14-8-11(17)6-7-15(14)18-9-12(20)10-19/h2-8,12,18-20H,9-10,17H2,1H3. The first kappa shape index (κ1) is 15.2. The summed E-state index contributed by atoms with van der Waals surface area (Å²) in [5.41, 5.74) is 9.14. The minimum absolute atomic E-state index is 0.253. The summed E-state index contributed by atoms with van der Waals surface area (Å²) in [5.74, 6) is 0.744. The fourth-order valence-corrected chi connectivity index (χ4v) is 2.10. The maximum Gasteiger partial charge on any atom is 0.126 e. The molecule has 0 heterocycles. The summed E-state index contributed by atoms with van der Waals surface area (Å²) in [6.45, 7) is -0.0332. The number of aliphatic hydroxyl groups is 2. The number of nitrogens with two attached hydrogens (primary N) is 1. The molecule has 0 aliphatic heterocycles. The lowest BCUT2D eigenvalue weighted by molar-refractivity contribution is 0.105. The molecule has 1 atom stereocenters. The average Bonchev–Trinajstić information content (AvgIpc) is 2.53. The van der Waals surface area contributed by atoms with E-state index in [9.17, 15) is 5.11 Å². The minimum atomic E-state index is -0.812. The summed E-state index contributed by atoms with van der Waals surface area (Å²) in [6.07, 6.45) is -0.812. The molecule has 0 amide bonds. The van der Waals surface area contributed by atoms with Crippen LogP contribution in [-0.2, 0) is 0 Å². The zero-order valence-corrected chi connectivity index (χ0v) is 11.9. The van der Waals surface area contributed by atoms with E-state index < -0.39 is 6.10 Å². The zero-order valence-electron chi connectivity index (χ0n) is 11.9. The van der Waals surface area contributed by atoms with E-state index in [2.05, 4.69) is 5.32 Å². The number of methoxy groups -OCH3 is 1. The topological polar surface area (TPSA) is 87.7 Å². The quantitative estimate of drug-likeness (QED) is 0.608. The van der Waals surface area contributed by atoms with E-state index in [-0.39, 0.29) is 13.2 Å². The molecule has 0 aliphatic rings. The number of rotatable bonds is 6. The maximum absolute atomic E-state index is 9.47. The third-order valence-electron chi connectivity index (χ3n) is 3.18. The van der Waals surface area contributed by atoms with Gasteiger partial charge in [0.05, 0.1) is 19.8 Å². The second-order valence-electron chi connectivity index (χ2n) is 4.72. The average molecular weight is 288 g/mol. The van der Waals surface area contributed by atoms with Gasteiger partial charge in [-0.05, 0) is 24.3 Å². The fourth-order valence-electron chi connectivity index (χ4n) is 2.10. The Labute approximate surface area is 124 Å². The van der Waals surface area contributed by atoms with Gasteiger partial charge in [-0.3, -0.25) is 0 Å². The molecule has 5 heteroatoms. The normalized spacial score (nSPS) is 12.0. The molecular weight excluding hydrogens is 268 g/mol. The van der Waals surface area contributed by atoms with Gasteiger partial charge in [0, 0.05) is 29.0 Å². The first-order valence-electron chi connectivity index (χ1n) is 6.71. The minimum Gasteiger partial charge on any atom is -0.496 e. The molecule has 2 aromatic carbocycles. The zero-order chi connectivity index (χ0) is 15.2. The number of hydrogen-bond acceptors (Lipinski definition) is 5. The molecule has 0 fully saturated rings. The highest BCUT2D eigenvalue weighted by Crippen LogP contribution is 2.36. The van der Waals surface area contributed by atoms with Crippen LogP contribution in [0.2, 0.25) is 0 Å². The number of nitrogen functional groups attached to an aromatic ring is 1. The van der Waals surface area contributed by atoms with Gasteiger partial charge in [-0.2, -0.15) is 0 Å². The van der Waals surface area contributed by atoms with E-state index in [4.69, 9.17) is 15.6 Å². The largest absolute Gasteiger partial charge is 0.496 e. The van der Waals surface area contributed by atoms with Gasteiger partial charge in [0.25, 0.3) is 0 Å². The predicted molar refractivity (Wildman–Crippen MR) is 84.4 cm³/mol. The number of ether oxygens (including phenoxy) is 1. The highest BCUT2D eigenvalue weighted by Gasteiger charge is 2.11. The monoisotopic (exact) mass is 288 g/mol. The van der Waals surface area contributed by atoms with Crippen molar-refractivity contribution in [3.63, 3.8) is 0 Å². The molecule has 2 aromatic rings. The molecule has 5 N–H and O–H groups in total. The van der Waals surface area contributed by atoms with Crippen LogP contribution >= 0.6 is 0 Å². The van der Waals surface area contributed by atoms with Gasteiger partial charge in [-0.15, -0.1) is 0 Å². The number of anilines is 2. The molecule has 1 unspecified atom stereocenters. The van der Waals surface area contributed by atoms with Crippen molar-refractivity contribution in [3.8, 4) is 16.9 Å². The van der Waals surface area contributed by atoms with Crippen LogP contribution in [0.15, 0.2) is 42.5 Å². The van der Waals surface area contributed by atoms with Crippen molar-refractivity contribution in [2.75, 3.05) is 31.3 Å². The number of benzene rings is 2. The summed E-state index contributed by atoms with van der Waals surface area (Å²) in [5, 5.41) is 21.5. The van der Waals surface area contributed by atoms with E-state index in [1.165, 1.54) is 0 Å². The Bertz CT molecular complexity index is 602. The maximum atomic E-state index is 9.47. The van der Waals surface area contributed by atoms with E-state index in [1.807, 2.05) is 36.4 Å². The molecule has 0 bridgehead atoms. The smallest absolute Gasteiger partial charge is 0.126 e. The van der Waals surface area contributed by atoms with Crippen LogP contribution in [0.4, 0.5) is 11.4 Å². The predicted octanol–water partition coefficient (Wildman–Crippen LogP) is 1.71. The molecule has 2 rings (SSSR count). The first-order chi connectivity index (χ1) is 10.2. The van der Waals surface area contributed by atoms with Gasteiger partial charge in [0.15, 0.2) is 0 Å².